The second kappa shape index (κ2) is 8.71. The number of hydrogen-bond acceptors (Lipinski definition) is 5. The summed E-state index contributed by atoms with van der Waals surface area (Å²) in [6, 6.07) is 0.0560. The van der Waals surface area contributed by atoms with Crippen LogP contribution in [0.3, 0.4) is 0 Å². The van der Waals surface area contributed by atoms with Crippen LogP contribution in [0, 0.1) is 0 Å². The van der Waals surface area contributed by atoms with Gasteiger partial charge in [0.1, 0.15) is 18.8 Å². The quantitative estimate of drug-likeness (QED) is 0.754. The zero-order valence-corrected chi connectivity index (χ0v) is 14.3. The van der Waals surface area contributed by atoms with Gasteiger partial charge in [0.05, 0.1) is 0 Å². The zero-order chi connectivity index (χ0) is 17.5. The van der Waals surface area contributed by atoms with E-state index in [1.165, 1.54) is 7.11 Å². The molecule has 1 saturated heterocycles. The lowest BCUT2D eigenvalue weighted by atomic mass is 10.0. The highest BCUT2D eigenvalue weighted by atomic mass is 16.6. The van der Waals surface area contributed by atoms with Gasteiger partial charge in [0, 0.05) is 26.2 Å². The van der Waals surface area contributed by atoms with Crippen molar-refractivity contribution in [2.75, 3.05) is 33.4 Å². The fourth-order valence-corrected chi connectivity index (χ4v) is 2.25. The van der Waals surface area contributed by atoms with E-state index in [4.69, 9.17) is 9.47 Å². The van der Waals surface area contributed by atoms with Crippen LogP contribution in [-0.4, -0.2) is 67.8 Å². The van der Waals surface area contributed by atoms with Gasteiger partial charge in [-0.2, -0.15) is 0 Å². The average molecular weight is 329 g/mol. The van der Waals surface area contributed by atoms with Gasteiger partial charge in [-0.3, -0.25) is 9.59 Å². The predicted molar refractivity (Wildman–Crippen MR) is 83.9 cm³/mol. The summed E-state index contributed by atoms with van der Waals surface area (Å²) in [5.41, 5.74) is -0.591. The highest BCUT2D eigenvalue weighted by molar-refractivity contribution is 5.82. The SMILES string of the molecule is COCC(=O)NC1CCN(C(=O)CNC(=O)OC(C)(C)C)CC1. The number of amides is 3. The van der Waals surface area contributed by atoms with Gasteiger partial charge in [0.25, 0.3) is 0 Å². The van der Waals surface area contributed by atoms with E-state index in [-0.39, 0.29) is 31.0 Å². The van der Waals surface area contributed by atoms with E-state index in [9.17, 15) is 14.4 Å². The van der Waals surface area contributed by atoms with Crippen molar-refractivity contribution in [1.29, 1.82) is 0 Å². The maximum Gasteiger partial charge on any atom is 0.408 e. The molecule has 8 heteroatoms. The molecule has 0 unspecified atom stereocenters. The molecule has 1 aliphatic rings. The Morgan fingerprint density at radius 1 is 1.17 bits per heavy atom. The molecule has 8 nitrogen and oxygen atoms in total. The predicted octanol–water partition coefficient (Wildman–Crippen LogP) is 0.265. The third-order valence-corrected chi connectivity index (χ3v) is 3.27. The summed E-state index contributed by atoms with van der Waals surface area (Å²) in [6.07, 6.45) is 0.772. The Kier molecular flexibility index (Phi) is 7.28. The normalized spacial score (nSPS) is 15.9. The molecule has 1 rings (SSSR count). The number of carbonyl (C=O) groups excluding carboxylic acids is 3. The number of rotatable bonds is 5. The summed E-state index contributed by atoms with van der Waals surface area (Å²) in [5, 5.41) is 5.32. The first-order valence-corrected chi connectivity index (χ1v) is 7.74. The van der Waals surface area contributed by atoms with Crippen molar-refractivity contribution in [2.45, 2.75) is 45.3 Å². The number of nitrogens with zero attached hydrogens (tertiary/aromatic N) is 1. The Morgan fingerprint density at radius 3 is 2.30 bits per heavy atom. The molecular weight excluding hydrogens is 302 g/mol. The molecule has 132 valence electrons. The first kappa shape index (κ1) is 19.2. The number of piperidine rings is 1. The Balaban J connectivity index is 2.27. The van der Waals surface area contributed by atoms with Crippen LogP contribution in [0.2, 0.25) is 0 Å². The van der Waals surface area contributed by atoms with Gasteiger partial charge >= 0.3 is 6.09 Å². The van der Waals surface area contributed by atoms with Crippen molar-refractivity contribution < 1.29 is 23.9 Å². The first-order valence-electron chi connectivity index (χ1n) is 7.74. The van der Waals surface area contributed by atoms with E-state index in [1.54, 1.807) is 25.7 Å². The number of nitrogens with one attached hydrogen (secondary N) is 2. The van der Waals surface area contributed by atoms with Crippen molar-refractivity contribution in [3.63, 3.8) is 0 Å². The largest absolute Gasteiger partial charge is 0.444 e. The third-order valence-electron chi connectivity index (χ3n) is 3.27. The molecule has 2 N–H and O–H groups in total. The van der Waals surface area contributed by atoms with Crippen LogP contribution >= 0.6 is 0 Å². The number of likely N-dealkylation sites (tertiary alicyclic amines) is 1. The number of alkyl carbamates (subject to hydrolysis) is 1. The van der Waals surface area contributed by atoms with Gasteiger partial charge in [-0.05, 0) is 33.6 Å². The molecule has 23 heavy (non-hydrogen) atoms. The lowest BCUT2D eigenvalue weighted by molar-refractivity contribution is -0.131. The van der Waals surface area contributed by atoms with Crippen molar-refractivity contribution >= 4 is 17.9 Å². The van der Waals surface area contributed by atoms with E-state index in [0.29, 0.717) is 25.9 Å². The van der Waals surface area contributed by atoms with Crippen molar-refractivity contribution in [2.24, 2.45) is 0 Å². The summed E-state index contributed by atoms with van der Waals surface area (Å²) in [6.45, 7) is 6.33. The first-order chi connectivity index (χ1) is 10.7. The second-order valence-corrected chi connectivity index (χ2v) is 6.51. The van der Waals surface area contributed by atoms with E-state index in [2.05, 4.69) is 10.6 Å². The molecular formula is C15H27N3O5. The van der Waals surface area contributed by atoms with Gasteiger partial charge in [0.2, 0.25) is 11.8 Å². The summed E-state index contributed by atoms with van der Waals surface area (Å²) in [5.74, 6) is -0.304. The highest BCUT2D eigenvalue weighted by Gasteiger charge is 2.24. The molecule has 1 heterocycles. The molecule has 3 amide bonds. The summed E-state index contributed by atoms with van der Waals surface area (Å²) in [4.78, 5) is 36.7. The topological polar surface area (TPSA) is 97.0 Å². The maximum absolute atomic E-state index is 12.0. The van der Waals surface area contributed by atoms with Gasteiger partial charge < -0.3 is 25.0 Å². The fourth-order valence-electron chi connectivity index (χ4n) is 2.25. The molecule has 0 bridgehead atoms. The summed E-state index contributed by atoms with van der Waals surface area (Å²) in [7, 11) is 1.47. The number of hydrogen-bond donors (Lipinski definition) is 2. The molecule has 0 aromatic carbocycles. The monoisotopic (exact) mass is 329 g/mol. The maximum atomic E-state index is 12.0. The van der Waals surface area contributed by atoms with Crippen LogP contribution in [0.25, 0.3) is 0 Å². The smallest absolute Gasteiger partial charge is 0.408 e. The molecule has 1 fully saturated rings. The fraction of sp³-hybridized carbons (Fsp3) is 0.800. The molecule has 1 aliphatic heterocycles. The van der Waals surface area contributed by atoms with E-state index >= 15 is 0 Å². The third kappa shape index (κ3) is 7.83. The highest BCUT2D eigenvalue weighted by Crippen LogP contribution is 2.10. The Morgan fingerprint density at radius 2 is 1.78 bits per heavy atom. The van der Waals surface area contributed by atoms with Crippen LogP contribution in [-0.2, 0) is 19.1 Å². The standard InChI is InChI=1S/C15H27N3O5/c1-15(2,3)23-14(21)16-9-13(20)18-7-5-11(6-8-18)17-12(19)10-22-4/h11H,5-10H2,1-4H3,(H,16,21)(H,17,19). The molecule has 0 atom stereocenters. The minimum atomic E-state index is -0.604. The molecule has 0 aromatic heterocycles. The minimum Gasteiger partial charge on any atom is -0.444 e. The Hall–Kier alpha value is -1.83. The number of ether oxygens (including phenoxy) is 2. The van der Waals surface area contributed by atoms with Gasteiger partial charge in [0.15, 0.2) is 0 Å². The van der Waals surface area contributed by atoms with Gasteiger partial charge in [-0.15, -0.1) is 0 Å². The van der Waals surface area contributed by atoms with Gasteiger partial charge in [-0.25, -0.2) is 4.79 Å². The summed E-state index contributed by atoms with van der Waals surface area (Å²) >= 11 is 0. The van der Waals surface area contributed by atoms with Crippen LogP contribution < -0.4 is 10.6 Å². The molecule has 0 aliphatic carbocycles. The van der Waals surface area contributed by atoms with Crippen LogP contribution in [0.4, 0.5) is 4.79 Å². The molecule has 0 radical (unpaired) electrons. The average Bonchev–Trinajstić information content (AvgIpc) is 2.44. The molecule has 0 aromatic rings. The van der Waals surface area contributed by atoms with Crippen LogP contribution in [0.15, 0.2) is 0 Å². The van der Waals surface area contributed by atoms with Gasteiger partial charge in [-0.1, -0.05) is 0 Å². The van der Waals surface area contributed by atoms with E-state index in [0.717, 1.165) is 0 Å². The molecule has 0 spiro atoms. The Labute approximate surface area is 136 Å². The lowest BCUT2D eigenvalue weighted by Crippen LogP contribution is -2.49. The minimum absolute atomic E-state index is 0.0406. The van der Waals surface area contributed by atoms with Crippen molar-refractivity contribution in [1.82, 2.24) is 15.5 Å². The van der Waals surface area contributed by atoms with Crippen LogP contribution in [0.1, 0.15) is 33.6 Å². The van der Waals surface area contributed by atoms with E-state index < -0.39 is 11.7 Å². The molecule has 0 saturated carbocycles. The van der Waals surface area contributed by atoms with E-state index in [1.807, 2.05) is 0 Å². The summed E-state index contributed by atoms with van der Waals surface area (Å²) < 4.78 is 9.84. The van der Waals surface area contributed by atoms with Crippen molar-refractivity contribution in [3.8, 4) is 0 Å². The van der Waals surface area contributed by atoms with Crippen molar-refractivity contribution in [3.05, 3.63) is 0 Å². The Bertz CT molecular complexity index is 425. The zero-order valence-electron chi connectivity index (χ0n) is 14.3. The van der Waals surface area contributed by atoms with Crippen LogP contribution in [0.5, 0.6) is 0 Å². The number of carbonyl (C=O) groups is 3. The lowest BCUT2D eigenvalue weighted by Gasteiger charge is -2.32. The second-order valence-electron chi connectivity index (χ2n) is 6.51. The number of methoxy groups -OCH3 is 1.